The lowest BCUT2D eigenvalue weighted by molar-refractivity contribution is -0.117. The highest BCUT2D eigenvalue weighted by molar-refractivity contribution is 6.30. The maximum atomic E-state index is 16.0. The monoisotopic (exact) mass is 532 g/mol. The number of halogens is 3. The predicted octanol–water partition coefficient (Wildman–Crippen LogP) is 5.93. The van der Waals surface area contributed by atoms with Crippen LogP contribution in [0.1, 0.15) is 53.6 Å². The number of carbonyl (C=O) groups is 1. The lowest BCUT2D eigenvalue weighted by Gasteiger charge is -2.54. The number of benzene rings is 3. The highest BCUT2D eigenvalue weighted by Gasteiger charge is 2.50. The minimum atomic E-state index is -1.67. The average molecular weight is 533 g/mol. The van der Waals surface area contributed by atoms with Gasteiger partial charge in [0.25, 0.3) is 0 Å². The van der Waals surface area contributed by atoms with Crippen molar-refractivity contribution in [2.24, 2.45) is 10.9 Å². The van der Waals surface area contributed by atoms with Crippen LogP contribution in [-0.2, 0) is 11.3 Å². The van der Waals surface area contributed by atoms with Crippen molar-refractivity contribution < 1.29 is 13.6 Å². The number of nitrogens with one attached hydrogen (secondary N) is 1. The van der Waals surface area contributed by atoms with Crippen LogP contribution in [0, 0.1) is 23.1 Å². The van der Waals surface area contributed by atoms with Crippen molar-refractivity contribution in [2.75, 3.05) is 13.1 Å². The third-order valence-electron chi connectivity index (χ3n) is 7.26. The number of amides is 1. The van der Waals surface area contributed by atoms with E-state index in [4.69, 9.17) is 11.6 Å². The molecule has 2 aliphatic heterocycles. The topological polar surface area (TPSA) is 68.5 Å². The Hall–Kier alpha value is -3.60. The second-order valence-electron chi connectivity index (χ2n) is 10.4. The van der Waals surface area contributed by atoms with E-state index >= 15 is 4.39 Å². The normalized spacial score (nSPS) is 20.3. The summed E-state index contributed by atoms with van der Waals surface area (Å²) in [5.74, 6) is -1.29. The van der Waals surface area contributed by atoms with Crippen molar-refractivity contribution in [3.8, 4) is 6.07 Å². The first-order chi connectivity index (χ1) is 18.1. The van der Waals surface area contributed by atoms with Crippen LogP contribution in [0.5, 0.6) is 0 Å². The summed E-state index contributed by atoms with van der Waals surface area (Å²) in [7, 11) is 0. The minimum Gasteiger partial charge on any atom is -0.309 e. The van der Waals surface area contributed by atoms with E-state index in [-0.39, 0.29) is 24.4 Å². The van der Waals surface area contributed by atoms with Crippen LogP contribution in [0.25, 0.3) is 0 Å². The molecule has 3 aromatic carbocycles. The third-order valence-corrected chi connectivity index (χ3v) is 7.51. The summed E-state index contributed by atoms with van der Waals surface area (Å²) in [5.41, 5.74) is 1.83. The molecule has 0 aromatic heterocycles. The molecule has 0 radical (unpaired) electrons. The Morgan fingerprint density at radius 3 is 2.61 bits per heavy atom. The highest BCUT2D eigenvalue weighted by atomic mass is 35.5. The summed E-state index contributed by atoms with van der Waals surface area (Å²) in [4.78, 5) is 18.1. The molecule has 3 aromatic rings. The zero-order chi connectivity index (χ0) is 27.0. The Kier molecular flexibility index (Phi) is 7.04. The Labute approximate surface area is 225 Å². The van der Waals surface area contributed by atoms with Gasteiger partial charge in [-0.15, -0.1) is 0 Å². The van der Waals surface area contributed by atoms with Crippen LogP contribution < -0.4 is 5.32 Å². The molecule has 1 fully saturated rings. The van der Waals surface area contributed by atoms with E-state index in [9.17, 15) is 14.4 Å². The van der Waals surface area contributed by atoms with E-state index < -0.39 is 17.4 Å². The molecule has 2 aliphatic rings. The van der Waals surface area contributed by atoms with Gasteiger partial charge in [-0.25, -0.2) is 8.78 Å². The van der Waals surface area contributed by atoms with Gasteiger partial charge in [-0.05, 0) is 73.0 Å². The molecule has 0 unspecified atom stereocenters. The number of hydrogen-bond donors (Lipinski definition) is 1. The van der Waals surface area contributed by atoms with E-state index in [1.54, 1.807) is 12.1 Å². The fourth-order valence-corrected chi connectivity index (χ4v) is 5.89. The number of likely N-dealkylation sites (tertiary alicyclic amines) is 1. The maximum absolute atomic E-state index is 16.0. The SMILES string of the molecule is CC(C)(F)[C@H](c1cc(F)cc(C2=NCC(=O)N2)c1)[C@H]1CN(Cc2cccc(C#N)c2)[C@@H]1c1ccc(Cl)cc1. The fraction of sp³-hybridized carbons (Fsp3) is 0.300. The van der Waals surface area contributed by atoms with Crippen LogP contribution in [0.15, 0.2) is 71.7 Å². The standard InChI is InChI=1S/C30H27ClF2N4O/c1-30(2,33)27(21-11-22(13-24(32)12-21)29-35-15-26(38)36-29)25-17-37(16-19-5-3-4-18(10-19)14-34)28(25)20-6-8-23(31)9-7-20/h3-13,25,27-28H,15-17H2,1-2H3,(H,35,36,38)/t25-,27-,28-/m1/s1. The van der Waals surface area contributed by atoms with Gasteiger partial charge < -0.3 is 5.32 Å². The van der Waals surface area contributed by atoms with Crippen LogP contribution in [0.4, 0.5) is 8.78 Å². The molecule has 1 N–H and O–H groups in total. The van der Waals surface area contributed by atoms with E-state index in [0.717, 1.165) is 11.1 Å². The van der Waals surface area contributed by atoms with Gasteiger partial charge >= 0.3 is 0 Å². The molecule has 1 saturated heterocycles. The summed E-state index contributed by atoms with van der Waals surface area (Å²) >= 11 is 6.16. The van der Waals surface area contributed by atoms with Gasteiger partial charge in [-0.1, -0.05) is 35.9 Å². The number of hydrogen-bond acceptors (Lipinski definition) is 4. The van der Waals surface area contributed by atoms with Crippen LogP contribution >= 0.6 is 11.6 Å². The molecular formula is C30H27ClF2N4O. The molecule has 1 amide bonds. The quantitative estimate of drug-likeness (QED) is 0.410. The summed E-state index contributed by atoms with van der Waals surface area (Å²) in [6.45, 7) is 4.19. The first-order valence-electron chi connectivity index (χ1n) is 12.4. The van der Waals surface area contributed by atoms with Gasteiger partial charge in [0, 0.05) is 41.6 Å². The lowest BCUT2D eigenvalue weighted by Crippen LogP contribution is -2.54. The van der Waals surface area contributed by atoms with Crippen LogP contribution in [-0.4, -0.2) is 35.4 Å². The number of rotatable bonds is 7. The molecule has 5 nitrogen and oxygen atoms in total. The first-order valence-corrected chi connectivity index (χ1v) is 12.8. The molecule has 38 heavy (non-hydrogen) atoms. The number of amidine groups is 1. The Morgan fingerprint density at radius 1 is 1.18 bits per heavy atom. The van der Waals surface area contributed by atoms with E-state index in [1.165, 1.54) is 26.0 Å². The molecule has 0 spiro atoms. The van der Waals surface area contributed by atoms with Crippen molar-refractivity contribution in [3.05, 3.63) is 105 Å². The van der Waals surface area contributed by atoms with Gasteiger partial charge in [-0.2, -0.15) is 5.26 Å². The summed E-state index contributed by atoms with van der Waals surface area (Å²) in [6, 6.07) is 21.4. The first kappa shape index (κ1) is 26.0. The Bertz CT molecular complexity index is 1440. The van der Waals surface area contributed by atoms with Gasteiger partial charge in [0.2, 0.25) is 5.91 Å². The summed E-state index contributed by atoms with van der Waals surface area (Å²) in [6.07, 6.45) is 0. The van der Waals surface area contributed by atoms with Crippen LogP contribution in [0.2, 0.25) is 5.02 Å². The molecule has 0 saturated carbocycles. The summed E-state index contributed by atoms with van der Waals surface area (Å²) in [5, 5.41) is 12.6. The highest BCUT2D eigenvalue weighted by Crippen LogP contribution is 2.52. The van der Waals surface area contributed by atoms with E-state index in [2.05, 4.69) is 21.3 Å². The molecule has 194 valence electrons. The molecule has 0 aliphatic carbocycles. The van der Waals surface area contributed by atoms with E-state index in [1.807, 2.05) is 42.5 Å². The molecule has 3 atom stereocenters. The van der Waals surface area contributed by atoms with Gasteiger partial charge in [0.1, 0.15) is 23.9 Å². The second-order valence-corrected chi connectivity index (χ2v) is 10.9. The molecular weight excluding hydrogens is 506 g/mol. The number of nitriles is 1. The third kappa shape index (κ3) is 5.33. The van der Waals surface area contributed by atoms with E-state index in [0.29, 0.717) is 40.6 Å². The average Bonchev–Trinajstić information content (AvgIpc) is 3.30. The fourth-order valence-electron chi connectivity index (χ4n) is 5.77. The minimum absolute atomic E-state index is 0.0115. The largest absolute Gasteiger partial charge is 0.309 e. The van der Waals surface area contributed by atoms with Crippen molar-refractivity contribution >= 4 is 23.3 Å². The van der Waals surface area contributed by atoms with Crippen molar-refractivity contribution in [1.29, 1.82) is 5.26 Å². The van der Waals surface area contributed by atoms with Gasteiger partial charge in [-0.3, -0.25) is 14.7 Å². The zero-order valence-electron chi connectivity index (χ0n) is 21.1. The molecule has 8 heteroatoms. The zero-order valence-corrected chi connectivity index (χ0v) is 21.8. The lowest BCUT2D eigenvalue weighted by atomic mass is 9.67. The number of aliphatic imine (C=N–C) groups is 1. The molecule has 0 bridgehead atoms. The Morgan fingerprint density at radius 2 is 1.95 bits per heavy atom. The predicted molar refractivity (Wildman–Crippen MR) is 143 cm³/mol. The number of alkyl halides is 1. The second kappa shape index (κ2) is 10.3. The van der Waals surface area contributed by atoms with Crippen molar-refractivity contribution in [3.63, 3.8) is 0 Å². The van der Waals surface area contributed by atoms with Gasteiger partial charge in [0.15, 0.2) is 0 Å². The summed E-state index contributed by atoms with van der Waals surface area (Å²) < 4.78 is 30.9. The molecule has 2 heterocycles. The van der Waals surface area contributed by atoms with Crippen LogP contribution in [0.3, 0.4) is 0 Å². The Balaban J connectivity index is 1.52. The number of nitrogens with zero attached hydrogens (tertiary/aromatic N) is 3. The van der Waals surface area contributed by atoms with Crippen molar-refractivity contribution in [2.45, 2.75) is 38.0 Å². The maximum Gasteiger partial charge on any atom is 0.247 e. The van der Waals surface area contributed by atoms with Gasteiger partial charge in [0.05, 0.1) is 11.6 Å². The number of carbonyl (C=O) groups excluding carboxylic acids is 1. The van der Waals surface area contributed by atoms with Crippen molar-refractivity contribution in [1.82, 2.24) is 10.2 Å². The molecule has 5 rings (SSSR count). The smallest absolute Gasteiger partial charge is 0.247 e.